The van der Waals surface area contributed by atoms with E-state index < -0.39 is 19.9 Å². The lowest BCUT2D eigenvalue weighted by molar-refractivity contribution is 0.575. The molecule has 0 unspecified atom stereocenters. The molecule has 1 aromatic rings. The molecule has 2 N–H and O–H groups in total. The summed E-state index contributed by atoms with van der Waals surface area (Å²) in [5.74, 6) is 0. The summed E-state index contributed by atoms with van der Waals surface area (Å²) in [4.78, 5) is -0.320. The Hall–Kier alpha value is -0.670. The molecule has 0 radical (unpaired) electrons. The summed E-state index contributed by atoms with van der Waals surface area (Å²) < 4.78 is 49.7. The predicted octanol–water partition coefficient (Wildman–Crippen LogP) is 1.02. The van der Waals surface area contributed by atoms with Gasteiger partial charge < -0.3 is 5.32 Å². The predicted molar refractivity (Wildman–Crippen MR) is 82.9 cm³/mol. The molecular formula is C12H19ClN2O4S2. The molecule has 0 spiro atoms. The molecule has 0 aliphatic heterocycles. The van der Waals surface area contributed by atoms with Crippen LogP contribution in [0, 0.1) is 0 Å². The third-order valence-electron chi connectivity index (χ3n) is 2.64. The quantitative estimate of drug-likeness (QED) is 0.680. The Morgan fingerprint density at radius 3 is 2.33 bits per heavy atom. The van der Waals surface area contributed by atoms with E-state index in [4.69, 9.17) is 11.6 Å². The van der Waals surface area contributed by atoms with Crippen LogP contribution in [0.4, 0.5) is 0 Å². The number of halogens is 1. The highest BCUT2D eigenvalue weighted by molar-refractivity contribution is 7.91. The molecule has 0 bridgehead atoms. The summed E-state index contributed by atoms with van der Waals surface area (Å²) in [5, 5.41) is 3.04. The van der Waals surface area contributed by atoms with Gasteiger partial charge in [0.15, 0.2) is 9.84 Å². The second kappa shape index (κ2) is 7.55. The average Bonchev–Trinajstić information content (AvgIpc) is 2.37. The highest BCUT2D eigenvalue weighted by Crippen LogP contribution is 2.24. The number of hydrogen-bond donors (Lipinski definition) is 2. The molecule has 1 rings (SSSR count). The van der Waals surface area contributed by atoms with Crippen LogP contribution in [0.3, 0.4) is 0 Å². The lowest BCUT2D eigenvalue weighted by Gasteiger charge is -2.10. The molecule has 1 aromatic carbocycles. The second-order valence-corrected chi connectivity index (χ2v) is 8.67. The number of rotatable bonds is 8. The lowest BCUT2D eigenvalue weighted by atomic mass is 10.4. The molecule has 6 nitrogen and oxygen atoms in total. The maximum absolute atomic E-state index is 12.1. The Morgan fingerprint density at radius 1 is 1.10 bits per heavy atom. The van der Waals surface area contributed by atoms with Crippen LogP contribution >= 0.6 is 11.6 Å². The van der Waals surface area contributed by atoms with Gasteiger partial charge in [-0.15, -0.1) is 0 Å². The summed E-state index contributed by atoms with van der Waals surface area (Å²) in [6.07, 6.45) is 1.96. The van der Waals surface area contributed by atoms with E-state index in [1.807, 2.05) is 6.92 Å². The van der Waals surface area contributed by atoms with Crippen molar-refractivity contribution in [2.45, 2.75) is 23.1 Å². The highest BCUT2D eigenvalue weighted by Gasteiger charge is 2.20. The zero-order valence-electron chi connectivity index (χ0n) is 11.9. The first kappa shape index (κ1) is 18.4. The van der Waals surface area contributed by atoms with Crippen LogP contribution < -0.4 is 10.0 Å². The largest absolute Gasteiger partial charge is 0.315 e. The Kier molecular flexibility index (Phi) is 6.61. The van der Waals surface area contributed by atoms with E-state index in [0.29, 0.717) is 6.54 Å². The van der Waals surface area contributed by atoms with Gasteiger partial charge in [0, 0.05) is 19.3 Å². The maximum Gasteiger partial charge on any atom is 0.242 e. The normalized spacial score (nSPS) is 12.5. The van der Waals surface area contributed by atoms with E-state index in [1.54, 1.807) is 0 Å². The van der Waals surface area contributed by atoms with E-state index in [9.17, 15) is 16.8 Å². The minimum Gasteiger partial charge on any atom is -0.315 e. The van der Waals surface area contributed by atoms with Gasteiger partial charge in [0.2, 0.25) is 10.0 Å². The maximum atomic E-state index is 12.1. The third-order valence-corrected chi connectivity index (χ3v) is 5.69. The van der Waals surface area contributed by atoms with Crippen molar-refractivity contribution in [3.05, 3.63) is 23.2 Å². The topological polar surface area (TPSA) is 92.3 Å². The zero-order valence-corrected chi connectivity index (χ0v) is 14.3. The van der Waals surface area contributed by atoms with Crippen molar-refractivity contribution in [1.29, 1.82) is 0 Å². The Balaban J connectivity index is 2.92. The number of benzene rings is 1. The van der Waals surface area contributed by atoms with Gasteiger partial charge in [-0.3, -0.25) is 0 Å². The molecule has 120 valence electrons. The van der Waals surface area contributed by atoms with Crippen molar-refractivity contribution in [3.63, 3.8) is 0 Å². The first-order valence-corrected chi connectivity index (χ1v) is 10.1. The van der Waals surface area contributed by atoms with Gasteiger partial charge in [-0.25, -0.2) is 21.6 Å². The molecule has 9 heteroatoms. The van der Waals surface area contributed by atoms with Crippen LogP contribution in [0.1, 0.15) is 13.3 Å². The highest BCUT2D eigenvalue weighted by atomic mass is 35.5. The molecular weight excluding hydrogens is 336 g/mol. The minimum absolute atomic E-state index is 0.0172. The minimum atomic E-state index is -3.85. The van der Waals surface area contributed by atoms with Crippen LogP contribution in [0.25, 0.3) is 0 Å². The molecule has 0 aliphatic rings. The lowest BCUT2D eigenvalue weighted by Crippen LogP contribution is -2.32. The van der Waals surface area contributed by atoms with Crippen LogP contribution in [0.5, 0.6) is 0 Å². The van der Waals surface area contributed by atoms with Crippen molar-refractivity contribution < 1.29 is 16.8 Å². The van der Waals surface area contributed by atoms with Crippen molar-refractivity contribution in [3.8, 4) is 0 Å². The molecule has 0 amide bonds. The fourth-order valence-electron chi connectivity index (χ4n) is 1.57. The van der Waals surface area contributed by atoms with Crippen LogP contribution in [-0.2, 0) is 19.9 Å². The molecule has 0 heterocycles. The zero-order chi connectivity index (χ0) is 16.1. The first-order valence-electron chi connectivity index (χ1n) is 6.38. The van der Waals surface area contributed by atoms with Gasteiger partial charge in [-0.2, -0.15) is 0 Å². The standard InChI is InChI=1S/C12H19ClN2O4S2/c1-3-6-14-7-8-15-21(18,19)12-9-10(20(2,16)17)4-5-11(12)13/h4-5,9,14-15H,3,6-8H2,1-2H3. The van der Waals surface area contributed by atoms with E-state index in [2.05, 4.69) is 10.0 Å². The molecule has 0 atom stereocenters. The first-order chi connectivity index (χ1) is 9.68. The Labute approximate surface area is 130 Å². The van der Waals surface area contributed by atoms with Crippen LogP contribution in [0.15, 0.2) is 28.0 Å². The Bertz CT molecular complexity index is 687. The number of sulfone groups is 1. The van der Waals surface area contributed by atoms with Crippen molar-refractivity contribution in [2.24, 2.45) is 0 Å². The fourth-order valence-corrected chi connectivity index (χ4v) is 3.85. The van der Waals surface area contributed by atoms with E-state index in [-0.39, 0.29) is 21.4 Å². The van der Waals surface area contributed by atoms with Gasteiger partial charge in [0.05, 0.1) is 9.92 Å². The molecule has 0 fully saturated rings. The Morgan fingerprint density at radius 2 is 1.76 bits per heavy atom. The van der Waals surface area contributed by atoms with Gasteiger partial charge in [-0.1, -0.05) is 18.5 Å². The third kappa shape index (κ3) is 5.55. The fraction of sp³-hybridized carbons (Fsp3) is 0.500. The number of sulfonamides is 1. The van der Waals surface area contributed by atoms with Crippen LogP contribution in [0.2, 0.25) is 5.02 Å². The summed E-state index contributed by atoms with van der Waals surface area (Å²) in [6.45, 7) is 3.48. The molecule has 0 saturated heterocycles. The average molecular weight is 355 g/mol. The summed E-state index contributed by atoms with van der Waals surface area (Å²) in [5.41, 5.74) is 0. The van der Waals surface area contributed by atoms with Gasteiger partial charge in [0.1, 0.15) is 4.90 Å². The summed E-state index contributed by atoms with van der Waals surface area (Å²) in [6, 6.07) is 3.61. The van der Waals surface area contributed by atoms with Gasteiger partial charge in [-0.05, 0) is 31.2 Å². The van der Waals surface area contributed by atoms with Crippen LogP contribution in [-0.4, -0.2) is 42.7 Å². The summed E-state index contributed by atoms with van der Waals surface area (Å²) >= 11 is 5.86. The molecule has 0 saturated carbocycles. The number of hydrogen-bond acceptors (Lipinski definition) is 5. The smallest absolute Gasteiger partial charge is 0.242 e. The van der Waals surface area contributed by atoms with Crippen molar-refractivity contribution in [2.75, 3.05) is 25.9 Å². The van der Waals surface area contributed by atoms with Crippen molar-refractivity contribution >= 4 is 31.5 Å². The van der Waals surface area contributed by atoms with Gasteiger partial charge >= 0.3 is 0 Å². The van der Waals surface area contributed by atoms with Gasteiger partial charge in [0.25, 0.3) is 0 Å². The SMILES string of the molecule is CCCNCCNS(=O)(=O)c1cc(S(C)(=O)=O)ccc1Cl. The monoisotopic (exact) mass is 354 g/mol. The van der Waals surface area contributed by atoms with E-state index >= 15 is 0 Å². The van der Waals surface area contributed by atoms with E-state index in [1.165, 1.54) is 12.1 Å². The second-order valence-electron chi connectivity index (χ2n) is 4.51. The molecule has 21 heavy (non-hydrogen) atoms. The van der Waals surface area contributed by atoms with Crippen molar-refractivity contribution in [1.82, 2.24) is 10.0 Å². The van der Waals surface area contributed by atoms with E-state index in [0.717, 1.165) is 25.3 Å². The summed E-state index contributed by atoms with van der Waals surface area (Å²) in [7, 11) is -7.35. The molecule has 0 aromatic heterocycles. The molecule has 0 aliphatic carbocycles. The number of nitrogens with one attached hydrogen (secondary N) is 2.